The van der Waals surface area contributed by atoms with Gasteiger partial charge in [-0.2, -0.15) is 0 Å². The van der Waals surface area contributed by atoms with Crippen LogP contribution in [-0.4, -0.2) is 24.7 Å². The van der Waals surface area contributed by atoms with E-state index in [1.54, 1.807) is 14.0 Å². The van der Waals surface area contributed by atoms with E-state index in [1.807, 2.05) is 44.2 Å². The van der Waals surface area contributed by atoms with Crippen LogP contribution in [0.15, 0.2) is 30.3 Å². The quantitative estimate of drug-likeness (QED) is 0.806. The Kier molecular flexibility index (Phi) is 4.58. The van der Waals surface area contributed by atoms with Gasteiger partial charge in [0.2, 0.25) is 0 Å². The van der Waals surface area contributed by atoms with Crippen LogP contribution >= 0.6 is 0 Å². The Hall–Kier alpha value is -2.36. The number of hydrogen-bond donors (Lipinski definition) is 0. The molecule has 0 aliphatic carbocycles. The fraction of sp³-hybridized carbons (Fsp3) is 0.294. The number of aryl methyl sites for hydroxylation is 2. The zero-order valence-electron chi connectivity index (χ0n) is 12.8. The number of benzene rings is 1. The van der Waals surface area contributed by atoms with Crippen molar-refractivity contribution >= 4 is 5.97 Å². The molecule has 0 unspecified atom stereocenters. The first-order valence-corrected chi connectivity index (χ1v) is 6.86. The van der Waals surface area contributed by atoms with Crippen molar-refractivity contribution in [3.8, 4) is 17.0 Å². The Bertz CT molecular complexity index is 648. The summed E-state index contributed by atoms with van der Waals surface area (Å²) in [6, 6.07) is 9.53. The van der Waals surface area contributed by atoms with Gasteiger partial charge in [0.25, 0.3) is 0 Å². The molecule has 4 nitrogen and oxygen atoms in total. The highest BCUT2D eigenvalue weighted by molar-refractivity contribution is 5.91. The van der Waals surface area contributed by atoms with E-state index < -0.39 is 0 Å². The minimum atomic E-state index is -0.327. The van der Waals surface area contributed by atoms with E-state index in [9.17, 15) is 4.79 Å². The lowest BCUT2D eigenvalue weighted by atomic mass is 10.0. The Morgan fingerprint density at radius 3 is 2.43 bits per heavy atom. The molecule has 1 heterocycles. The fourth-order valence-corrected chi connectivity index (χ4v) is 2.16. The number of hydrogen-bond acceptors (Lipinski definition) is 4. The molecule has 0 N–H and O–H groups in total. The van der Waals surface area contributed by atoms with Crippen molar-refractivity contribution in [2.75, 3.05) is 13.7 Å². The number of rotatable bonds is 4. The van der Waals surface area contributed by atoms with Gasteiger partial charge in [-0.15, -0.1) is 0 Å². The number of pyridine rings is 1. The Morgan fingerprint density at radius 1 is 1.19 bits per heavy atom. The van der Waals surface area contributed by atoms with Crippen molar-refractivity contribution in [3.05, 3.63) is 47.2 Å². The molecule has 0 bridgehead atoms. The number of methoxy groups -OCH3 is 1. The average Bonchev–Trinajstić information content (AvgIpc) is 2.49. The molecule has 1 aromatic carbocycles. The lowest BCUT2D eigenvalue weighted by molar-refractivity contribution is 0.0525. The number of nitrogens with zero attached hydrogens (tertiary/aromatic N) is 1. The molecule has 0 aliphatic heterocycles. The summed E-state index contributed by atoms with van der Waals surface area (Å²) in [7, 11) is 1.64. The molecule has 21 heavy (non-hydrogen) atoms. The zero-order chi connectivity index (χ0) is 15.4. The van der Waals surface area contributed by atoms with E-state index in [0.29, 0.717) is 17.9 Å². The number of carbonyl (C=O) groups excluding carboxylic acids is 1. The summed E-state index contributed by atoms with van der Waals surface area (Å²) in [5.74, 6) is 0.475. The van der Waals surface area contributed by atoms with Crippen LogP contribution < -0.4 is 4.74 Å². The van der Waals surface area contributed by atoms with Crippen LogP contribution in [0.4, 0.5) is 0 Å². The molecule has 0 aliphatic rings. The smallest absolute Gasteiger partial charge is 0.339 e. The van der Waals surface area contributed by atoms with Crippen molar-refractivity contribution in [2.45, 2.75) is 20.8 Å². The summed E-state index contributed by atoms with van der Waals surface area (Å²) in [6.07, 6.45) is 0. The highest BCUT2D eigenvalue weighted by Gasteiger charge is 2.15. The third-order valence-corrected chi connectivity index (χ3v) is 3.26. The van der Waals surface area contributed by atoms with E-state index in [4.69, 9.17) is 9.47 Å². The van der Waals surface area contributed by atoms with Gasteiger partial charge in [0.1, 0.15) is 5.75 Å². The second-order valence-electron chi connectivity index (χ2n) is 4.74. The van der Waals surface area contributed by atoms with Crippen molar-refractivity contribution < 1.29 is 14.3 Å². The number of ether oxygens (including phenoxy) is 2. The Labute approximate surface area is 124 Å². The molecular formula is C17H19NO3. The van der Waals surface area contributed by atoms with Gasteiger partial charge in [0, 0.05) is 5.56 Å². The summed E-state index contributed by atoms with van der Waals surface area (Å²) >= 11 is 0. The molecule has 0 radical (unpaired) electrons. The van der Waals surface area contributed by atoms with Gasteiger partial charge in [-0.3, -0.25) is 4.98 Å². The van der Waals surface area contributed by atoms with Crippen LogP contribution in [0.1, 0.15) is 28.5 Å². The van der Waals surface area contributed by atoms with Gasteiger partial charge >= 0.3 is 5.97 Å². The third kappa shape index (κ3) is 3.21. The molecule has 2 rings (SSSR count). The average molecular weight is 285 g/mol. The number of esters is 1. The monoisotopic (exact) mass is 285 g/mol. The maximum atomic E-state index is 11.9. The lowest BCUT2D eigenvalue weighted by Gasteiger charge is -2.11. The number of aromatic nitrogens is 1. The predicted octanol–water partition coefficient (Wildman–Crippen LogP) is 3.55. The predicted molar refractivity (Wildman–Crippen MR) is 81.7 cm³/mol. The van der Waals surface area contributed by atoms with E-state index in [0.717, 1.165) is 22.6 Å². The molecule has 0 saturated heterocycles. The Balaban J connectivity index is 2.41. The van der Waals surface area contributed by atoms with Crippen LogP contribution in [0.3, 0.4) is 0 Å². The molecule has 0 atom stereocenters. The summed E-state index contributed by atoms with van der Waals surface area (Å²) in [4.78, 5) is 16.4. The second-order valence-corrected chi connectivity index (χ2v) is 4.74. The largest absolute Gasteiger partial charge is 0.497 e. The van der Waals surface area contributed by atoms with Gasteiger partial charge in [-0.1, -0.05) is 0 Å². The minimum Gasteiger partial charge on any atom is -0.497 e. The second kappa shape index (κ2) is 6.39. The van der Waals surface area contributed by atoms with Crippen molar-refractivity contribution in [3.63, 3.8) is 0 Å². The van der Waals surface area contributed by atoms with E-state index in [-0.39, 0.29) is 5.97 Å². The molecule has 0 amide bonds. The first kappa shape index (κ1) is 15.0. The molecular weight excluding hydrogens is 266 g/mol. The molecule has 2 aromatic rings. The molecule has 110 valence electrons. The maximum Gasteiger partial charge on any atom is 0.339 e. The summed E-state index contributed by atoms with van der Waals surface area (Å²) < 4.78 is 10.2. The van der Waals surface area contributed by atoms with Crippen LogP contribution in [0, 0.1) is 13.8 Å². The first-order chi connectivity index (χ1) is 10.1. The molecule has 0 saturated carbocycles. The van der Waals surface area contributed by atoms with Gasteiger partial charge in [-0.25, -0.2) is 4.79 Å². The number of carbonyl (C=O) groups is 1. The van der Waals surface area contributed by atoms with Gasteiger partial charge < -0.3 is 9.47 Å². The van der Waals surface area contributed by atoms with Gasteiger partial charge in [-0.05, 0) is 56.7 Å². The fourth-order valence-electron chi connectivity index (χ4n) is 2.16. The highest BCUT2D eigenvalue weighted by Crippen LogP contribution is 2.25. The highest BCUT2D eigenvalue weighted by atomic mass is 16.5. The van der Waals surface area contributed by atoms with Gasteiger partial charge in [0.15, 0.2) is 0 Å². The maximum absolute atomic E-state index is 11.9. The SMILES string of the molecule is CCOC(=O)c1cc(C)c(-c2ccc(OC)cc2)nc1C. The minimum absolute atomic E-state index is 0.327. The molecule has 1 aromatic heterocycles. The van der Waals surface area contributed by atoms with Crippen molar-refractivity contribution in [2.24, 2.45) is 0 Å². The lowest BCUT2D eigenvalue weighted by Crippen LogP contribution is -2.09. The summed E-state index contributed by atoms with van der Waals surface area (Å²) in [5, 5.41) is 0. The topological polar surface area (TPSA) is 48.4 Å². The zero-order valence-corrected chi connectivity index (χ0v) is 12.8. The summed E-state index contributed by atoms with van der Waals surface area (Å²) in [6.45, 7) is 5.91. The Morgan fingerprint density at radius 2 is 1.86 bits per heavy atom. The standard InChI is InChI=1S/C17H19NO3/c1-5-21-17(19)15-10-11(2)16(18-12(15)3)13-6-8-14(20-4)9-7-13/h6-10H,5H2,1-4H3. The van der Waals surface area contributed by atoms with Crippen LogP contribution in [0.2, 0.25) is 0 Å². The third-order valence-electron chi connectivity index (χ3n) is 3.26. The van der Waals surface area contributed by atoms with Crippen molar-refractivity contribution in [1.82, 2.24) is 4.98 Å². The van der Waals surface area contributed by atoms with E-state index in [2.05, 4.69) is 4.98 Å². The first-order valence-electron chi connectivity index (χ1n) is 6.86. The molecule has 4 heteroatoms. The molecule has 0 spiro atoms. The van der Waals surface area contributed by atoms with Crippen LogP contribution in [0.5, 0.6) is 5.75 Å². The van der Waals surface area contributed by atoms with E-state index >= 15 is 0 Å². The van der Waals surface area contributed by atoms with Gasteiger partial charge in [0.05, 0.1) is 30.7 Å². The van der Waals surface area contributed by atoms with Crippen LogP contribution in [-0.2, 0) is 4.74 Å². The van der Waals surface area contributed by atoms with E-state index in [1.165, 1.54) is 0 Å². The van der Waals surface area contributed by atoms with Crippen molar-refractivity contribution in [1.29, 1.82) is 0 Å². The normalized spacial score (nSPS) is 10.3. The summed E-state index contributed by atoms with van der Waals surface area (Å²) in [5.41, 5.74) is 3.99. The van der Waals surface area contributed by atoms with Crippen LogP contribution in [0.25, 0.3) is 11.3 Å². The molecule has 0 fully saturated rings.